The van der Waals surface area contributed by atoms with Crippen LogP contribution in [0.15, 0.2) is 53.4 Å². The summed E-state index contributed by atoms with van der Waals surface area (Å²) in [4.78, 5) is 24.7. The molecule has 3 amide bonds. The average molecular weight is 429 g/mol. The number of amides is 3. The van der Waals surface area contributed by atoms with E-state index in [-0.39, 0.29) is 29.2 Å². The van der Waals surface area contributed by atoms with Gasteiger partial charge < -0.3 is 4.74 Å². The summed E-state index contributed by atoms with van der Waals surface area (Å²) in [6.07, 6.45) is 4.86. The Morgan fingerprint density at radius 1 is 1.03 bits per heavy atom. The molecule has 2 fully saturated rings. The third-order valence-corrected chi connectivity index (χ3v) is 7.18. The molecule has 1 N–H and O–H groups in total. The number of carbonyl (C=O) groups is 2. The molecule has 2 aromatic carbocycles. The number of anilines is 1. The van der Waals surface area contributed by atoms with Gasteiger partial charge in [0, 0.05) is 5.69 Å². The van der Waals surface area contributed by atoms with Crippen molar-refractivity contribution in [2.24, 2.45) is 0 Å². The molecule has 158 valence electrons. The van der Waals surface area contributed by atoms with Crippen LogP contribution in [0.4, 0.5) is 10.5 Å². The highest BCUT2D eigenvalue weighted by molar-refractivity contribution is 7.91. The number of imide groups is 1. The van der Waals surface area contributed by atoms with Crippen molar-refractivity contribution in [3.63, 3.8) is 0 Å². The molecule has 1 aliphatic heterocycles. The van der Waals surface area contributed by atoms with Crippen molar-refractivity contribution < 1.29 is 22.7 Å². The Labute approximate surface area is 175 Å². The largest absolute Gasteiger partial charge is 0.490 e. The number of sulfone groups is 1. The monoisotopic (exact) mass is 428 g/mol. The fourth-order valence-electron chi connectivity index (χ4n) is 3.80. The number of nitrogens with zero attached hydrogens (tertiary/aromatic N) is 1. The Hall–Kier alpha value is -2.87. The van der Waals surface area contributed by atoms with Gasteiger partial charge in [0.25, 0.3) is 0 Å². The van der Waals surface area contributed by atoms with Crippen LogP contribution in [0, 0.1) is 0 Å². The number of hydrogen-bond acceptors (Lipinski definition) is 5. The molecule has 0 aromatic heterocycles. The topological polar surface area (TPSA) is 92.8 Å². The Kier molecular flexibility index (Phi) is 5.76. The Bertz CT molecular complexity index is 1040. The van der Waals surface area contributed by atoms with Crippen LogP contribution >= 0.6 is 0 Å². The Morgan fingerprint density at radius 3 is 2.43 bits per heavy atom. The van der Waals surface area contributed by atoms with Crippen molar-refractivity contribution in [3.05, 3.63) is 54.1 Å². The van der Waals surface area contributed by atoms with Crippen molar-refractivity contribution in [2.45, 2.75) is 43.1 Å². The highest BCUT2D eigenvalue weighted by Gasteiger charge is 2.27. The summed E-state index contributed by atoms with van der Waals surface area (Å²) >= 11 is 0. The predicted molar refractivity (Wildman–Crippen MR) is 112 cm³/mol. The van der Waals surface area contributed by atoms with Crippen molar-refractivity contribution in [1.29, 1.82) is 0 Å². The number of ether oxygens (including phenoxy) is 1. The molecule has 1 heterocycles. The smallest absolute Gasteiger partial charge is 0.329 e. The second kappa shape index (κ2) is 8.47. The van der Waals surface area contributed by atoms with E-state index in [2.05, 4.69) is 5.32 Å². The summed E-state index contributed by atoms with van der Waals surface area (Å²) in [6.45, 7) is -0.00811. The molecule has 1 saturated carbocycles. The van der Waals surface area contributed by atoms with E-state index in [1.807, 2.05) is 0 Å². The molecule has 0 radical (unpaired) electrons. The van der Waals surface area contributed by atoms with Gasteiger partial charge in [0.15, 0.2) is 9.84 Å². The first-order valence-corrected chi connectivity index (χ1v) is 11.8. The van der Waals surface area contributed by atoms with Crippen molar-refractivity contribution >= 4 is 27.5 Å². The van der Waals surface area contributed by atoms with Gasteiger partial charge in [-0.15, -0.1) is 0 Å². The van der Waals surface area contributed by atoms with Crippen LogP contribution < -0.4 is 15.0 Å². The van der Waals surface area contributed by atoms with E-state index in [0.29, 0.717) is 17.9 Å². The number of rotatable bonds is 7. The zero-order valence-corrected chi connectivity index (χ0v) is 17.4. The lowest BCUT2D eigenvalue weighted by Crippen LogP contribution is -2.27. The first kappa shape index (κ1) is 20.4. The molecular weight excluding hydrogens is 404 g/mol. The van der Waals surface area contributed by atoms with Gasteiger partial charge in [-0.2, -0.15) is 0 Å². The maximum absolute atomic E-state index is 12.8. The summed E-state index contributed by atoms with van der Waals surface area (Å²) in [5.41, 5.74) is 1.44. The molecule has 2 aliphatic rings. The van der Waals surface area contributed by atoms with Gasteiger partial charge in [-0.3, -0.25) is 15.0 Å². The number of urea groups is 1. The molecule has 0 unspecified atom stereocenters. The molecule has 7 nitrogen and oxygen atoms in total. The molecule has 2 aromatic rings. The number of benzene rings is 2. The van der Waals surface area contributed by atoms with E-state index in [1.165, 1.54) is 4.90 Å². The number of carbonyl (C=O) groups excluding carboxylic acids is 2. The zero-order chi connectivity index (χ0) is 21.1. The highest BCUT2D eigenvalue weighted by Crippen LogP contribution is 2.26. The molecule has 0 spiro atoms. The minimum Gasteiger partial charge on any atom is -0.490 e. The standard InChI is InChI=1S/C22H24N2O5S/c25-21-15-24(22(26)23-21)17-10-8-16(9-11-17)12-13-30(27,28)20-7-3-6-19(14-20)29-18-4-1-2-5-18/h3,6-11,14,18H,1-2,4-5,12-13,15H2,(H,23,25,26). The van der Waals surface area contributed by atoms with Crippen LogP contribution in [0.25, 0.3) is 0 Å². The first-order chi connectivity index (χ1) is 14.4. The van der Waals surface area contributed by atoms with E-state index in [1.54, 1.807) is 48.5 Å². The van der Waals surface area contributed by atoms with E-state index in [9.17, 15) is 18.0 Å². The van der Waals surface area contributed by atoms with Crippen LogP contribution in [0.2, 0.25) is 0 Å². The average Bonchev–Trinajstić information content (AvgIpc) is 3.36. The van der Waals surface area contributed by atoms with Gasteiger partial charge in [0.05, 0.1) is 16.8 Å². The summed E-state index contributed by atoms with van der Waals surface area (Å²) in [6, 6.07) is 13.3. The molecule has 0 bridgehead atoms. The molecular formula is C22H24N2O5S. The highest BCUT2D eigenvalue weighted by atomic mass is 32.2. The lowest BCUT2D eigenvalue weighted by atomic mass is 10.1. The maximum atomic E-state index is 12.8. The van der Waals surface area contributed by atoms with Gasteiger partial charge in [-0.25, -0.2) is 13.2 Å². The fourth-order valence-corrected chi connectivity index (χ4v) is 5.12. The lowest BCUT2D eigenvalue weighted by Gasteiger charge is -2.14. The van der Waals surface area contributed by atoms with E-state index < -0.39 is 15.9 Å². The SMILES string of the molecule is O=C1CN(c2ccc(CCS(=O)(=O)c3cccc(OC4CCCC4)c3)cc2)C(=O)N1. The first-order valence-electron chi connectivity index (χ1n) is 10.1. The molecule has 1 aliphatic carbocycles. The molecule has 30 heavy (non-hydrogen) atoms. The zero-order valence-electron chi connectivity index (χ0n) is 16.5. The quantitative estimate of drug-likeness (QED) is 0.684. The summed E-state index contributed by atoms with van der Waals surface area (Å²) in [7, 11) is -3.46. The number of nitrogens with one attached hydrogen (secondary N) is 1. The summed E-state index contributed by atoms with van der Waals surface area (Å²) < 4.78 is 31.5. The van der Waals surface area contributed by atoms with Crippen LogP contribution in [0.5, 0.6) is 5.75 Å². The maximum Gasteiger partial charge on any atom is 0.329 e. The van der Waals surface area contributed by atoms with Crippen LogP contribution in [-0.2, 0) is 21.1 Å². The van der Waals surface area contributed by atoms with Crippen molar-refractivity contribution in [1.82, 2.24) is 5.32 Å². The van der Waals surface area contributed by atoms with Gasteiger partial charge in [-0.05, 0) is 68.0 Å². The fraction of sp³-hybridized carbons (Fsp3) is 0.364. The normalized spacial score (nSPS) is 17.4. The van der Waals surface area contributed by atoms with Crippen molar-refractivity contribution in [3.8, 4) is 5.75 Å². The number of hydrogen-bond donors (Lipinski definition) is 1. The Balaban J connectivity index is 1.39. The van der Waals surface area contributed by atoms with E-state index in [4.69, 9.17) is 4.74 Å². The lowest BCUT2D eigenvalue weighted by molar-refractivity contribution is -0.117. The minimum absolute atomic E-state index is 0.00811. The number of aryl methyl sites for hydroxylation is 1. The molecule has 1 saturated heterocycles. The second-order valence-corrected chi connectivity index (χ2v) is 9.78. The Morgan fingerprint density at radius 2 is 1.77 bits per heavy atom. The van der Waals surface area contributed by atoms with E-state index in [0.717, 1.165) is 31.2 Å². The summed E-state index contributed by atoms with van der Waals surface area (Å²) in [5.74, 6) is 0.238. The van der Waals surface area contributed by atoms with Crippen LogP contribution in [0.1, 0.15) is 31.2 Å². The summed E-state index contributed by atoms with van der Waals surface area (Å²) in [5, 5.41) is 2.23. The molecule has 0 atom stereocenters. The predicted octanol–water partition coefficient (Wildman–Crippen LogP) is 3.08. The van der Waals surface area contributed by atoms with Gasteiger partial charge in [0.2, 0.25) is 5.91 Å². The van der Waals surface area contributed by atoms with Crippen LogP contribution in [0.3, 0.4) is 0 Å². The third kappa shape index (κ3) is 4.64. The van der Waals surface area contributed by atoms with Gasteiger partial charge in [-0.1, -0.05) is 18.2 Å². The third-order valence-electron chi connectivity index (χ3n) is 5.47. The minimum atomic E-state index is -3.46. The van der Waals surface area contributed by atoms with E-state index >= 15 is 0 Å². The van der Waals surface area contributed by atoms with Crippen LogP contribution in [-0.4, -0.2) is 38.8 Å². The second-order valence-electron chi connectivity index (χ2n) is 7.67. The van der Waals surface area contributed by atoms with Gasteiger partial charge >= 0.3 is 6.03 Å². The van der Waals surface area contributed by atoms with Gasteiger partial charge in [0.1, 0.15) is 12.3 Å². The molecule has 8 heteroatoms. The van der Waals surface area contributed by atoms with Crippen molar-refractivity contribution in [2.75, 3.05) is 17.2 Å². The molecule has 4 rings (SSSR count).